The number of halogens is 1. The van der Waals surface area contributed by atoms with E-state index in [0.717, 1.165) is 5.56 Å². The van der Waals surface area contributed by atoms with Gasteiger partial charge < -0.3 is 5.73 Å². The molecule has 1 aromatic rings. The lowest BCUT2D eigenvalue weighted by molar-refractivity contribution is 1.25. The molecule has 0 saturated heterocycles. The minimum Gasteiger partial charge on any atom is -0.397 e. The van der Waals surface area contributed by atoms with Gasteiger partial charge in [-0.15, -0.1) is 0 Å². The third-order valence-electron chi connectivity index (χ3n) is 1.38. The minimum atomic E-state index is 0.163. The fraction of sp³-hybridized carbons (Fsp3) is 0.143. The Morgan fingerprint density at radius 1 is 1.73 bits per heavy atom. The number of anilines is 1. The molecule has 1 aromatic heterocycles. The standard InChI is InChI=1S/C7H6ClN3/c1-4-3-11-7(8)5(2-9)6(4)10/h3H,1H3,(H2,10,11). The molecule has 56 valence electrons. The first-order valence-corrected chi connectivity index (χ1v) is 3.35. The van der Waals surface area contributed by atoms with Gasteiger partial charge in [0.25, 0.3) is 0 Å². The second-order valence-corrected chi connectivity index (χ2v) is 2.49. The lowest BCUT2D eigenvalue weighted by Crippen LogP contribution is -1.96. The molecule has 3 nitrogen and oxygen atoms in total. The molecule has 0 saturated carbocycles. The molecule has 0 unspecified atom stereocenters. The summed E-state index contributed by atoms with van der Waals surface area (Å²) in [5.74, 6) is 0. The number of aromatic nitrogens is 1. The summed E-state index contributed by atoms with van der Waals surface area (Å²) in [7, 11) is 0. The van der Waals surface area contributed by atoms with Gasteiger partial charge in [-0.1, -0.05) is 11.6 Å². The van der Waals surface area contributed by atoms with Crippen LogP contribution >= 0.6 is 11.6 Å². The van der Waals surface area contributed by atoms with E-state index >= 15 is 0 Å². The minimum absolute atomic E-state index is 0.163. The number of nitrogens with two attached hydrogens (primary N) is 1. The Morgan fingerprint density at radius 3 is 2.82 bits per heavy atom. The Bertz CT molecular complexity index is 327. The van der Waals surface area contributed by atoms with Crippen LogP contribution in [0.3, 0.4) is 0 Å². The van der Waals surface area contributed by atoms with Crippen molar-refractivity contribution in [3.05, 3.63) is 22.5 Å². The van der Waals surface area contributed by atoms with Crippen LogP contribution in [0.2, 0.25) is 5.15 Å². The van der Waals surface area contributed by atoms with E-state index in [1.807, 2.05) is 6.07 Å². The number of nitriles is 1. The van der Waals surface area contributed by atoms with Gasteiger partial charge in [0.1, 0.15) is 16.8 Å². The Labute approximate surface area is 69.4 Å². The van der Waals surface area contributed by atoms with Gasteiger partial charge in [-0.05, 0) is 12.5 Å². The molecule has 0 bridgehead atoms. The van der Waals surface area contributed by atoms with Gasteiger partial charge in [0, 0.05) is 6.20 Å². The van der Waals surface area contributed by atoms with Crippen LogP contribution in [0, 0.1) is 18.3 Å². The molecule has 0 fully saturated rings. The molecular formula is C7H6ClN3. The van der Waals surface area contributed by atoms with E-state index in [-0.39, 0.29) is 10.7 Å². The fourth-order valence-corrected chi connectivity index (χ4v) is 0.895. The molecule has 0 aliphatic rings. The van der Waals surface area contributed by atoms with Crippen LogP contribution in [0.25, 0.3) is 0 Å². The highest BCUT2D eigenvalue weighted by Gasteiger charge is 2.06. The number of nitrogens with zero attached hydrogens (tertiary/aromatic N) is 2. The fourth-order valence-electron chi connectivity index (χ4n) is 0.702. The van der Waals surface area contributed by atoms with E-state index < -0.39 is 0 Å². The SMILES string of the molecule is Cc1cnc(Cl)c(C#N)c1N. The zero-order valence-corrected chi connectivity index (χ0v) is 6.68. The zero-order chi connectivity index (χ0) is 8.43. The largest absolute Gasteiger partial charge is 0.397 e. The van der Waals surface area contributed by atoms with Crippen molar-refractivity contribution in [1.82, 2.24) is 4.98 Å². The molecule has 1 rings (SSSR count). The van der Waals surface area contributed by atoms with Crippen LogP contribution in [0.4, 0.5) is 5.69 Å². The Hall–Kier alpha value is -1.27. The van der Waals surface area contributed by atoms with E-state index in [9.17, 15) is 0 Å². The maximum atomic E-state index is 8.57. The summed E-state index contributed by atoms with van der Waals surface area (Å²) in [6.45, 7) is 1.78. The summed E-state index contributed by atoms with van der Waals surface area (Å²) >= 11 is 5.59. The average molecular weight is 168 g/mol. The van der Waals surface area contributed by atoms with Crippen molar-refractivity contribution in [2.24, 2.45) is 0 Å². The summed E-state index contributed by atoms with van der Waals surface area (Å²) in [6.07, 6.45) is 1.54. The quantitative estimate of drug-likeness (QED) is 0.596. The maximum Gasteiger partial charge on any atom is 0.148 e. The van der Waals surface area contributed by atoms with Gasteiger partial charge in [0.2, 0.25) is 0 Å². The topological polar surface area (TPSA) is 62.7 Å². The summed E-state index contributed by atoms with van der Waals surface area (Å²) < 4.78 is 0. The van der Waals surface area contributed by atoms with Crippen molar-refractivity contribution in [3.63, 3.8) is 0 Å². The molecule has 4 heteroatoms. The Kier molecular flexibility index (Phi) is 1.97. The van der Waals surface area contributed by atoms with Crippen LogP contribution in [0.15, 0.2) is 6.20 Å². The highest BCUT2D eigenvalue weighted by molar-refractivity contribution is 6.30. The Morgan fingerprint density at radius 2 is 2.36 bits per heavy atom. The predicted molar refractivity (Wildman–Crippen MR) is 43.1 cm³/mol. The van der Waals surface area contributed by atoms with E-state index in [1.54, 1.807) is 13.1 Å². The lowest BCUT2D eigenvalue weighted by atomic mass is 10.2. The second kappa shape index (κ2) is 2.77. The molecule has 0 atom stereocenters. The third kappa shape index (κ3) is 1.26. The van der Waals surface area contributed by atoms with Gasteiger partial charge in [-0.2, -0.15) is 5.26 Å². The molecule has 0 aromatic carbocycles. The first-order valence-electron chi connectivity index (χ1n) is 2.97. The highest BCUT2D eigenvalue weighted by Crippen LogP contribution is 2.21. The van der Waals surface area contributed by atoms with Gasteiger partial charge in [-0.25, -0.2) is 4.98 Å². The van der Waals surface area contributed by atoms with Crippen molar-refractivity contribution in [1.29, 1.82) is 5.26 Å². The predicted octanol–water partition coefficient (Wildman–Crippen LogP) is 1.50. The number of hydrogen-bond donors (Lipinski definition) is 1. The number of rotatable bonds is 0. The number of aryl methyl sites for hydroxylation is 1. The van der Waals surface area contributed by atoms with Crippen LogP contribution in [0.1, 0.15) is 11.1 Å². The first kappa shape index (κ1) is 7.83. The molecule has 0 spiro atoms. The summed E-state index contributed by atoms with van der Waals surface area (Å²) in [5.41, 5.74) is 6.98. The number of nitrogen functional groups attached to an aromatic ring is 1. The van der Waals surface area contributed by atoms with Crippen LogP contribution < -0.4 is 5.73 Å². The van der Waals surface area contributed by atoms with Crippen molar-refractivity contribution < 1.29 is 0 Å². The van der Waals surface area contributed by atoms with Crippen LogP contribution in [0.5, 0.6) is 0 Å². The number of pyridine rings is 1. The maximum absolute atomic E-state index is 8.57. The van der Waals surface area contributed by atoms with Crippen molar-refractivity contribution in [2.75, 3.05) is 5.73 Å². The van der Waals surface area contributed by atoms with Gasteiger partial charge >= 0.3 is 0 Å². The molecule has 11 heavy (non-hydrogen) atoms. The Balaban J connectivity index is 3.44. The third-order valence-corrected chi connectivity index (χ3v) is 1.67. The van der Waals surface area contributed by atoms with Crippen molar-refractivity contribution in [2.45, 2.75) is 6.92 Å². The molecule has 1 heterocycles. The van der Waals surface area contributed by atoms with Crippen LogP contribution in [-0.4, -0.2) is 4.98 Å². The van der Waals surface area contributed by atoms with Gasteiger partial charge in [0.15, 0.2) is 0 Å². The average Bonchev–Trinajstić information content (AvgIpc) is 1.99. The van der Waals surface area contributed by atoms with E-state index in [1.165, 1.54) is 0 Å². The first-order chi connectivity index (χ1) is 5.16. The molecule has 0 aliphatic heterocycles. The monoisotopic (exact) mass is 167 g/mol. The number of hydrogen-bond acceptors (Lipinski definition) is 3. The summed E-state index contributed by atoms with van der Waals surface area (Å²) in [6, 6.07) is 1.88. The van der Waals surface area contributed by atoms with E-state index in [2.05, 4.69) is 4.98 Å². The van der Waals surface area contributed by atoms with Gasteiger partial charge in [0.05, 0.1) is 5.69 Å². The van der Waals surface area contributed by atoms with Crippen molar-refractivity contribution >= 4 is 17.3 Å². The van der Waals surface area contributed by atoms with E-state index in [4.69, 9.17) is 22.6 Å². The molecule has 2 N–H and O–H groups in total. The lowest BCUT2D eigenvalue weighted by Gasteiger charge is -2.01. The summed E-state index contributed by atoms with van der Waals surface area (Å²) in [4.78, 5) is 3.77. The van der Waals surface area contributed by atoms with E-state index in [0.29, 0.717) is 5.69 Å². The van der Waals surface area contributed by atoms with Crippen molar-refractivity contribution in [3.8, 4) is 6.07 Å². The normalized spacial score (nSPS) is 9.18. The smallest absolute Gasteiger partial charge is 0.148 e. The molecule has 0 radical (unpaired) electrons. The second-order valence-electron chi connectivity index (χ2n) is 2.13. The van der Waals surface area contributed by atoms with Crippen LogP contribution in [-0.2, 0) is 0 Å². The molecule has 0 amide bonds. The molecular weight excluding hydrogens is 162 g/mol. The molecule has 0 aliphatic carbocycles. The highest BCUT2D eigenvalue weighted by atomic mass is 35.5. The zero-order valence-electron chi connectivity index (χ0n) is 5.93. The summed E-state index contributed by atoms with van der Waals surface area (Å²) in [5, 5.41) is 8.73. The van der Waals surface area contributed by atoms with Gasteiger partial charge in [-0.3, -0.25) is 0 Å².